The van der Waals surface area contributed by atoms with Gasteiger partial charge in [-0.1, -0.05) is 97.1 Å². The van der Waals surface area contributed by atoms with Crippen LogP contribution in [0.25, 0.3) is 24.3 Å². The van der Waals surface area contributed by atoms with Crippen molar-refractivity contribution in [1.29, 1.82) is 0 Å². The van der Waals surface area contributed by atoms with Crippen molar-refractivity contribution in [2.75, 3.05) is 5.32 Å². The molecule has 0 aliphatic carbocycles. The highest BCUT2D eigenvalue weighted by molar-refractivity contribution is 6.02. The van der Waals surface area contributed by atoms with Gasteiger partial charge in [0.25, 0.3) is 5.91 Å². The van der Waals surface area contributed by atoms with Crippen LogP contribution in [0.4, 0.5) is 5.69 Å². The van der Waals surface area contributed by atoms with Crippen molar-refractivity contribution in [2.24, 2.45) is 0 Å². The first-order valence-electron chi connectivity index (χ1n) is 9.59. The highest BCUT2D eigenvalue weighted by atomic mass is 16.1. The van der Waals surface area contributed by atoms with Crippen LogP contribution in [0.2, 0.25) is 0 Å². The quantitative estimate of drug-likeness (QED) is 0.368. The highest BCUT2D eigenvalue weighted by Crippen LogP contribution is 2.15. The van der Waals surface area contributed by atoms with Crippen molar-refractivity contribution in [2.45, 2.75) is 13.8 Å². The van der Waals surface area contributed by atoms with E-state index in [4.69, 9.17) is 0 Å². The van der Waals surface area contributed by atoms with Gasteiger partial charge in [0.15, 0.2) is 0 Å². The number of nitrogens with one attached hydrogen (secondary N) is 1. The molecule has 0 unspecified atom stereocenters. The second kappa shape index (κ2) is 9.52. The summed E-state index contributed by atoms with van der Waals surface area (Å²) in [5.41, 5.74) is 7.09. The summed E-state index contributed by atoms with van der Waals surface area (Å²) < 4.78 is 0. The lowest BCUT2D eigenvalue weighted by Gasteiger charge is -2.04. The average Bonchev–Trinajstić information content (AvgIpc) is 2.73. The van der Waals surface area contributed by atoms with Crippen molar-refractivity contribution in [3.8, 4) is 0 Å². The topological polar surface area (TPSA) is 29.1 Å². The van der Waals surface area contributed by atoms with E-state index in [2.05, 4.69) is 91.7 Å². The molecule has 0 bridgehead atoms. The molecular weight excluding hydrogens is 354 g/mol. The fourth-order valence-corrected chi connectivity index (χ4v) is 2.70. The minimum absolute atomic E-state index is 0.162. The molecule has 3 aromatic carbocycles. The molecule has 0 saturated carbocycles. The maximum atomic E-state index is 11.6. The maximum absolute atomic E-state index is 11.6. The molecule has 0 radical (unpaired) electrons. The molecule has 1 amide bonds. The smallest absolute Gasteiger partial charge is 0.250 e. The Kier molecular flexibility index (Phi) is 6.59. The Bertz CT molecular complexity index is 1040. The van der Waals surface area contributed by atoms with Gasteiger partial charge in [0.2, 0.25) is 0 Å². The second-order valence-electron chi connectivity index (χ2n) is 7.10. The van der Waals surface area contributed by atoms with E-state index < -0.39 is 0 Å². The lowest BCUT2D eigenvalue weighted by molar-refractivity contribution is -0.112. The number of rotatable bonds is 6. The first-order valence-corrected chi connectivity index (χ1v) is 9.59. The molecule has 0 spiro atoms. The Hall–Kier alpha value is -3.65. The van der Waals surface area contributed by atoms with Gasteiger partial charge in [0, 0.05) is 11.3 Å². The molecule has 3 aromatic rings. The average molecular weight is 380 g/mol. The fourth-order valence-electron chi connectivity index (χ4n) is 2.70. The van der Waals surface area contributed by atoms with Crippen molar-refractivity contribution >= 4 is 35.9 Å². The number of carbonyl (C=O) groups is 1. The van der Waals surface area contributed by atoms with E-state index in [0.717, 1.165) is 16.8 Å². The van der Waals surface area contributed by atoms with Crippen LogP contribution in [0.1, 0.15) is 34.7 Å². The Balaban J connectivity index is 1.60. The summed E-state index contributed by atoms with van der Waals surface area (Å²) in [6.07, 6.45) is 8.38. The van der Waals surface area contributed by atoms with E-state index in [9.17, 15) is 4.79 Å². The molecule has 0 aliphatic rings. The molecule has 0 atom stereocenters. The van der Waals surface area contributed by atoms with Gasteiger partial charge in [-0.2, -0.15) is 0 Å². The highest BCUT2D eigenvalue weighted by Gasteiger charge is 2.01. The van der Waals surface area contributed by atoms with Crippen molar-refractivity contribution in [1.82, 2.24) is 0 Å². The number of benzene rings is 3. The molecule has 2 nitrogen and oxygen atoms in total. The van der Waals surface area contributed by atoms with Crippen molar-refractivity contribution < 1.29 is 4.79 Å². The van der Waals surface area contributed by atoms with Crippen LogP contribution in [0.3, 0.4) is 0 Å². The maximum Gasteiger partial charge on any atom is 0.250 e. The summed E-state index contributed by atoms with van der Waals surface area (Å²) in [7, 11) is 0. The molecule has 0 aliphatic heterocycles. The monoisotopic (exact) mass is 379 g/mol. The minimum atomic E-state index is -0.162. The van der Waals surface area contributed by atoms with Crippen LogP contribution >= 0.6 is 0 Å². The molecule has 1 N–H and O–H groups in total. The largest absolute Gasteiger partial charge is 0.322 e. The van der Waals surface area contributed by atoms with Crippen molar-refractivity contribution in [3.05, 3.63) is 113 Å². The molecule has 2 heteroatoms. The van der Waals surface area contributed by atoms with Gasteiger partial charge in [0.1, 0.15) is 0 Å². The van der Waals surface area contributed by atoms with Crippen LogP contribution in [-0.4, -0.2) is 5.91 Å². The molecule has 3 rings (SSSR count). The zero-order valence-corrected chi connectivity index (χ0v) is 16.9. The molecule has 0 heterocycles. The van der Waals surface area contributed by atoms with E-state index in [0.29, 0.717) is 5.57 Å². The van der Waals surface area contributed by atoms with Gasteiger partial charge in [-0.3, -0.25) is 4.79 Å². The van der Waals surface area contributed by atoms with E-state index >= 15 is 0 Å². The van der Waals surface area contributed by atoms with Crippen molar-refractivity contribution in [3.63, 3.8) is 0 Å². The van der Waals surface area contributed by atoms with Gasteiger partial charge in [-0.25, -0.2) is 0 Å². The third kappa shape index (κ3) is 6.18. The van der Waals surface area contributed by atoms with Crippen LogP contribution in [-0.2, 0) is 4.79 Å². The van der Waals surface area contributed by atoms with Gasteiger partial charge in [-0.05, 0) is 48.2 Å². The third-order valence-corrected chi connectivity index (χ3v) is 4.51. The Morgan fingerprint density at radius 2 is 1.03 bits per heavy atom. The SMILES string of the molecule is C=C(C)C(=O)Nc1ccc(/C=C/c2ccc(/C=C/c3ccc(C)cc3)cc2)cc1. The summed E-state index contributed by atoms with van der Waals surface area (Å²) in [5, 5.41) is 2.81. The number of hydrogen-bond donors (Lipinski definition) is 1. The van der Waals surface area contributed by atoms with Gasteiger partial charge < -0.3 is 5.32 Å². The summed E-state index contributed by atoms with van der Waals surface area (Å²) in [6, 6.07) is 24.6. The summed E-state index contributed by atoms with van der Waals surface area (Å²) >= 11 is 0. The normalized spacial score (nSPS) is 11.1. The van der Waals surface area contributed by atoms with Gasteiger partial charge in [0.05, 0.1) is 0 Å². The second-order valence-corrected chi connectivity index (χ2v) is 7.10. The molecule has 29 heavy (non-hydrogen) atoms. The first kappa shape index (κ1) is 20.1. The van der Waals surface area contributed by atoms with Crippen LogP contribution < -0.4 is 5.32 Å². The summed E-state index contributed by atoms with van der Waals surface area (Å²) in [4.78, 5) is 11.6. The number of hydrogen-bond acceptors (Lipinski definition) is 1. The number of amides is 1. The van der Waals surface area contributed by atoms with Crippen LogP contribution in [0, 0.1) is 6.92 Å². The van der Waals surface area contributed by atoms with Crippen LogP contribution in [0.15, 0.2) is 84.9 Å². The zero-order valence-electron chi connectivity index (χ0n) is 16.9. The molecule has 0 fully saturated rings. The summed E-state index contributed by atoms with van der Waals surface area (Å²) in [5.74, 6) is -0.162. The lowest BCUT2D eigenvalue weighted by Crippen LogP contribution is -2.11. The van der Waals surface area contributed by atoms with E-state index in [-0.39, 0.29) is 5.91 Å². The standard InChI is InChI=1S/C27H25NO/c1-20(2)27(29)28-26-18-16-25(17-19-26)15-14-24-12-10-23(11-13-24)9-8-22-6-4-21(3)5-7-22/h4-19H,1H2,2-3H3,(H,28,29)/b9-8+,15-14+. The third-order valence-electron chi connectivity index (χ3n) is 4.51. The van der Waals surface area contributed by atoms with E-state index in [1.54, 1.807) is 6.92 Å². The Morgan fingerprint density at radius 1 is 0.690 bits per heavy atom. The number of aryl methyl sites for hydroxylation is 1. The lowest BCUT2D eigenvalue weighted by atomic mass is 10.1. The zero-order chi connectivity index (χ0) is 20.6. The molecule has 0 saturated heterocycles. The number of carbonyl (C=O) groups excluding carboxylic acids is 1. The Morgan fingerprint density at radius 3 is 1.41 bits per heavy atom. The first-order chi connectivity index (χ1) is 14.0. The van der Waals surface area contributed by atoms with Gasteiger partial charge in [-0.15, -0.1) is 0 Å². The number of anilines is 1. The fraction of sp³-hybridized carbons (Fsp3) is 0.0741. The Labute approximate surface area is 172 Å². The molecule has 144 valence electrons. The van der Waals surface area contributed by atoms with E-state index in [1.807, 2.05) is 24.3 Å². The minimum Gasteiger partial charge on any atom is -0.322 e. The predicted molar refractivity (Wildman–Crippen MR) is 125 cm³/mol. The van der Waals surface area contributed by atoms with Gasteiger partial charge >= 0.3 is 0 Å². The molecule has 0 aromatic heterocycles. The van der Waals surface area contributed by atoms with E-state index in [1.165, 1.54) is 16.7 Å². The molecular formula is C27H25NO. The summed E-state index contributed by atoms with van der Waals surface area (Å²) in [6.45, 7) is 7.42. The predicted octanol–water partition coefficient (Wildman–Crippen LogP) is 6.85. The van der Waals surface area contributed by atoms with Crippen LogP contribution in [0.5, 0.6) is 0 Å².